The summed E-state index contributed by atoms with van der Waals surface area (Å²) in [6.45, 7) is 6.20. The summed E-state index contributed by atoms with van der Waals surface area (Å²) in [6.07, 6.45) is 2.08. The molecule has 1 aliphatic heterocycles. The molecule has 1 fully saturated rings. The van der Waals surface area contributed by atoms with Crippen LogP contribution in [0.2, 0.25) is 0 Å². The topological polar surface area (TPSA) is 70.6 Å². The fourth-order valence-electron chi connectivity index (χ4n) is 1.70. The van der Waals surface area contributed by atoms with E-state index in [1.165, 1.54) is 0 Å². The van der Waals surface area contributed by atoms with Crippen LogP contribution < -0.4 is 10.6 Å². The summed E-state index contributed by atoms with van der Waals surface area (Å²) in [5.41, 5.74) is 0. The van der Waals surface area contributed by atoms with E-state index < -0.39 is 11.8 Å². The number of hydrogen-bond acceptors (Lipinski definition) is 3. The number of amides is 2. The highest BCUT2D eigenvalue weighted by Gasteiger charge is 2.26. The van der Waals surface area contributed by atoms with E-state index in [4.69, 9.17) is 0 Å². The molecule has 2 amide bonds. The van der Waals surface area contributed by atoms with Gasteiger partial charge in [-0.15, -0.1) is 0 Å². The number of carbonyl (C=O) groups is 2. The Hall–Kier alpha value is -1.39. The Morgan fingerprint density at radius 1 is 1.13 bits per heavy atom. The van der Waals surface area contributed by atoms with Gasteiger partial charge in [-0.05, 0) is 12.8 Å². The Labute approximate surface area is 89.3 Å². The standard InChI is InChI=1S/C10H17N3O2/c1-4-7(5-2)6(3)11-10-12-8(14)9(15)13-10/h6-7H,4-5H2,1-3H3,(H2,11,12,13,14,15). The van der Waals surface area contributed by atoms with Gasteiger partial charge >= 0.3 is 11.8 Å². The average Bonchev–Trinajstić information content (AvgIpc) is 2.47. The highest BCUT2D eigenvalue weighted by atomic mass is 16.2. The molecule has 1 aliphatic rings. The Morgan fingerprint density at radius 2 is 1.60 bits per heavy atom. The third-order valence-electron chi connectivity index (χ3n) is 2.73. The number of nitrogens with one attached hydrogen (secondary N) is 2. The van der Waals surface area contributed by atoms with Crippen molar-refractivity contribution in [2.45, 2.75) is 39.7 Å². The summed E-state index contributed by atoms with van der Waals surface area (Å²) >= 11 is 0. The minimum absolute atomic E-state index is 0.105. The van der Waals surface area contributed by atoms with Gasteiger partial charge in [0.2, 0.25) is 5.96 Å². The Morgan fingerprint density at radius 3 is 2.00 bits per heavy atom. The molecule has 15 heavy (non-hydrogen) atoms. The number of hydrogen-bond donors (Lipinski definition) is 2. The molecular formula is C10H17N3O2. The summed E-state index contributed by atoms with van der Waals surface area (Å²) in [5.74, 6) is -0.507. The molecule has 1 rings (SSSR count). The lowest BCUT2D eigenvalue weighted by Gasteiger charge is -2.17. The highest BCUT2D eigenvalue weighted by molar-refractivity contribution is 6.45. The second-order valence-corrected chi connectivity index (χ2v) is 3.70. The molecule has 0 aromatic rings. The lowest BCUT2D eigenvalue weighted by atomic mass is 9.96. The zero-order valence-corrected chi connectivity index (χ0v) is 9.33. The lowest BCUT2D eigenvalue weighted by molar-refractivity contribution is -0.135. The molecular weight excluding hydrogens is 194 g/mol. The van der Waals surface area contributed by atoms with Gasteiger partial charge in [-0.25, -0.2) is 4.99 Å². The first-order valence-electron chi connectivity index (χ1n) is 5.28. The molecule has 0 aromatic heterocycles. The molecule has 0 bridgehead atoms. The van der Waals surface area contributed by atoms with Gasteiger partial charge in [0.05, 0.1) is 6.04 Å². The van der Waals surface area contributed by atoms with Crippen LogP contribution >= 0.6 is 0 Å². The molecule has 0 aromatic carbocycles. The van der Waals surface area contributed by atoms with Gasteiger partial charge in [0.25, 0.3) is 0 Å². The van der Waals surface area contributed by atoms with Crippen molar-refractivity contribution in [3.05, 3.63) is 0 Å². The van der Waals surface area contributed by atoms with Crippen LogP contribution in [0.25, 0.3) is 0 Å². The maximum absolute atomic E-state index is 10.9. The van der Waals surface area contributed by atoms with E-state index in [9.17, 15) is 9.59 Å². The molecule has 1 heterocycles. The fourth-order valence-corrected chi connectivity index (χ4v) is 1.70. The molecule has 2 N–H and O–H groups in total. The predicted octanol–water partition coefficient (Wildman–Crippen LogP) is 0.413. The first-order valence-corrected chi connectivity index (χ1v) is 5.28. The zero-order chi connectivity index (χ0) is 11.4. The Balaban J connectivity index is 2.63. The van der Waals surface area contributed by atoms with Crippen molar-refractivity contribution in [3.63, 3.8) is 0 Å². The molecule has 0 saturated carbocycles. The lowest BCUT2D eigenvalue weighted by Crippen LogP contribution is -2.29. The monoisotopic (exact) mass is 211 g/mol. The summed E-state index contributed by atoms with van der Waals surface area (Å²) in [5, 5.41) is 4.78. The molecule has 5 nitrogen and oxygen atoms in total. The third kappa shape index (κ3) is 2.78. The van der Waals surface area contributed by atoms with Gasteiger partial charge in [0.1, 0.15) is 0 Å². The minimum Gasteiger partial charge on any atom is -0.288 e. The first kappa shape index (κ1) is 11.7. The smallest absolute Gasteiger partial charge is 0.288 e. The second-order valence-electron chi connectivity index (χ2n) is 3.70. The van der Waals surface area contributed by atoms with E-state index in [1.54, 1.807) is 0 Å². The summed E-state index contributed by atoms with van der Waals surface area (Å²) in [7, 11) is 0. The van der Waals surface area contributed by atoms with Gasteiger partial charge in [-0.2, -0.15) is 0 Å². The van der Waals surface area contributed by atoms with E-state index in [0.717, 1.165) is 12.8 Å². The Bertz CT molecular complexity index is 277. The van der Waals surface area contributed by atoms with Crippen LogP contribution in [0.15, 0.2) is 4.99 Å². The first-order chi connectivity index (χ1) is 7.08. The van der Waals surface area contributed by atoms with E-state index in [0.29, 0.717) is 5.92 Å². The number of rotatable bonds is 4. The van der Waals surface area contributed by atoms with Gasteiger partial charge in [-0.3, -0.25) is 20.2 Å². The largest absolute Gasteiger partial charge is 0.316 e. The number of carbonyl (C=O) groups excluding carboxylic acids is 2. The van der Waals surface area contributed by atoms with Gasteiger partial charge in [0.15, 0.2) is 0 Å². The van der Waals surface area contributed by atoms with Crippen molar-refractivity contribution >= 4 is 17.8 Å². The number of guanidine groups is 1. The van der Waals surface area contributed by atoms with Crippen molar-refractivity contribution in [2.24, 2.45) is 10.9 Å². The minimum atomic E-state index is -0.634. The molecule has 5 heteroatoms. The Kier molecular flexibility index (Phi) is 3.82. The zero-order valence-electron chi connectivity index (χ0n) is 9.33. The van der Waals surface area contributed by atoms with Crippen molar-refractivity contribution in [1.82, 2.24) is 10.6 Å². The van der Waals surface area contributed by atoms with Crippen LogP contribution in [0, 0.1) is 5.92 Å². The van der Waals surface area contributed by atoms with Crippen molar-refractivity contribution in [3.8, 4) is 0 Å². The summed E-state index contributed by atoms with van der Waals surface area (Å²) in [4.78, 5) is 26.0. The van der Waals surface area contributed by atoms with Gasteiger partial charge in [-0.1, -0.05) is 26.7 Å². The van der Waals surface area contributed by atoms with Crippen LogP contribution in [-0.4, -0.2) is 23.8 Å². The average molecular weight is 211 g/mol. The molecule has 1 unspecified atom stereocenters. The van der Waals surface area contributed by atoms with E-state index in [-0.39, 0.29) is 12.0 Å². The van der Waals surface area contributed by atoms with Crippen LogP contribution in [0.3, 0.4) is 0 Å². The molecule has 1 atom stereocenters. The maximum atomic E-state index is 10.9. The SMILES string of the molecule is CCC(CC)C(C)N=C1NC(=O)C(=O)N1. The van der Waals surface area contributed by atoms with Crippen LogP contribution in [-0.2, 0) is 9.59 Å². The van der Waals surface area contributed by atoms with Gasteiger partial charge in [0, 0.05) is 0 Å². The highest BCUT2D eigenvalue weighted by Crippen LogP contribution is 2.15. The van der Waals surface area contributed by atoms with Crippen molar-refractivity contribution in [2.75, 3.05) is 0 Å². The predicted molar refractivity (Wildman–Crippen MR) is 57.3 cm³/mol. The van der Waals surface area contributed by atoms with E-state index >= 15 is 0 Å². The fraction of sp³-hybridized carbons (Fsp3) is 0.700. The molecule has 84 valence electrons. The summed E-state index contributed by atoms with van der Waals surface area (Å²) in [6, 6.07) is 0.105. The van der Waals surface area contributed by atoms with Crippen molar-refractivity contribution < 1.29 is 9.59 Å². The number of aliphatic imine (C=N–C) groups is 1. The van der Waals surface area contributed by atoms with Crippen LogP contribution in [0.5, 0.6) is 0 Å². The van der Waals surface area contributed by atoms with Crippen LogP contribution in [0.1, 0.15) is 33.6 Å². The van der Waals surface area contributed by atoms with Crippen LogP contribution in [0.4, 0.5) is 0 Å². The molecule has 0 aliphatic carbocycles. The van der Waals surface area contributed by atoms with Gasteiger partial charge < -0.3 is 0 Å². The maximum Gasteiger partial charge on any atom is 0.316 e. The summed E-state index contributed by atoms with van der Waals surface area (Å²) < 4.78 is 0. The number of nitrogens with zero attached hydrogens (tertiary/aromatic N) is 1. The van der Waals surface area contributed by atoms with Crippen molar-refractivity contribution in [1.29, 1.82) is 0 Å². The molecule has 0 spiro atoms. The van der Waals surface area contributed by atoms with E-state index in [1.807, 2.05) is 6.92 Å². The molecule has 1 saturated heterocycles. The normalized spacial score (nSPS) is 17.7. The van der Waals surface area contributed by atoms with E-state index in [2.05, 4.69) is 29.5 Å². The second kappa shape index (κ2) is 4.91. The molecule has 0 radical (unpaired) electrons. The quantitative estimate of drug-likeness (QED) is 0.661. The third-order valence-corrected chi connectivity index (χ3v) is 2.73.